The molecule has 0 aromatic carbocycles. The molecule has 1 rings (SSSR count). The Morgan fingerprint density at radius 3 is 2.63 bits per heavy atom. The lowest BCUT2D eigenvalue weighted by atomic mass is 10.4. The summed E-state index contributed by atoms with van der Waals surface area (Å²) in [6.45, 7) is 2.04. The average Bonchev–Trinajstić information content (AvgIpc) is 2.85. The molecule has 1 unspecified atom stereocenters. The number of carbonyl (C=O) groups is 1. The normalized spacial score (nSPS) is 12.6. The predicted octanol–water partition coefficient (Wildman–Crippen LogP) is 0.374. The van der Waals surface area contributed by atoms with Crippen molar-refractivity contribution < 1.29 is 22.4 Å². The summed E-state index contributed by atoms with van der Waals surface area (Å²) in [5.74, 6) is -0.875. The smallest absolute Gasteiger partial charge is 0.374 e. The number of carbonyl (C=O) groups excluding carboxylic acids is 1. The van der Waals surface area contributed by atoms with E-state index in [1.54, 1.807) is 7.05 Å². The van der Waals surface area contributed by atoms with Crippen LogP contribution in [0.3, 0.4) is 0 Å². The Hall–Kier alpha value is -1.09. The van der Waals surface area contributed by atoms with E-state index in [4.69, 9.17) is 4.42 Å². The molecule has 0 aliphatic rings. The predicted molar refractivity (Wildman–Crippen MR) is 71.0 cm³/mol. The third kappa shape index (κ3) is 4.83. The van der Waals surface area contributed by atoms with Gasteiger partial charge in [0.05, 0.1) is 7.11 Å². The minimum Gasteiger partial charge on any atom is -0.463 e. The lowest BCUT2D eigenvalue weighted by Gasteiger charge is -2.10. The van der Waals surface area contributed by atoms with Gasteiger partial charge in [-0.3, -0.25) is 0 Å². The van der Waals surface area contributed by atoms with Crippen LogP contribution in [0.15, 0.2) is 21.6 Å². The zero-order valence-electron chi connectivity index (χ0n) is 10.8. The molecule has 0 saturated heterocycles. The average molecular weight is 313 g/mol. The number of ether oxygens (including phenoxy) is 1. The lowest BCUT2D eigenvalue weighted by molar-refractivity contribution is 0.0559. The first kappa shape index (κ1) is 17.9. The Morgan fingerprint density at radius 1 is 1.47 bits per heavy atom. The number of methoxy groups -OCH3 is 1. The van der Waals surface area contributed by atoms with Crippen molar-refractivity contribution in [1.29, 1.82) is 0 Å². The van der Waals surface area contributed by atoms with E-state index in [1.807, 2.05) is 6.92 Å². The van der Waals surface area contributed by atoms with E-state index >= 15 is 0 Å². The molecule has 1 aromatic rings. The van der Waals surface area contributed by atoms with E-state index in [9.17, 15) is 13.2 Å². The molecular weight excluding hydrogens is 296 g/mol. The Bertz CT molecular complexity index is 514. The topological polar surface area (TPSA) is 97.6 Å². The van der Waals surface area contributed by atoms with Gasteiger partial charge in [0.1, 0.15) is 0 Å². The van der Waals surface area contributed by atoms with Gasteiger partial charge in [0, 0.05) is 12.6 Å². The quantitative estimate of drug-likeness (QED) is 0.737. The molecule has 0 fully saturated rings. The number of likely N-dealkylation sites (N-methyl/N-ethyl adjacent to an activating group) is 1. The van der Waals surface area contributed by atoms with Crippen molar-refractivity contribution in [3.8, 4) is 0 Å². The second kappa shape index (κ2) is 7.49. The van der Waals surface area contributed by atoms with Gasteiger partial charge in [0.2, 0.25) is 10.9 Å². The van der Waals surface area contributed by atoms with Crippen LogP contribution in [0.25, 0.3) is 0 Å². The third-order valence-electron chi connectivity index (χ3n) is 2.31. The fraction of sp³-hybridized carbons (Fsp3) is 0.500. The van der Waals surface area contributed by atoms with Crippen LogP contribution in [-0.2, 0) is 14.8 Å². The summed E-state index contributed by atoms with van der Waals surface area (Å²) in [5.41, 5.74) is 0. The van der Waals surface area contributed by atoms with Crippen molar-refractivity contribution in [1.82, 2.24) is 10.0 Å². The molecule has 9 heteroatoms. The van der Waals surface area contributed by atoms with Crippen LogP contribution in [-0.4, -0.2) is 41.1 Å². The Kier molecular flexibility index (Phi) is 7.06. The van der Waals surface area contributed by atoms with E-state index in [1.165, 1.54) is 19.2 Å². The summed E-state index contributed by atoms with van der Waals surface area (Å²) < 4.78 is 35.3. The van der Waals surface area contributed by atoms with Gasteiger partial charge in [-0.25, -0.2) is 17.9 Å². The molecule has 0 saturated carbocycles. The van der Waals surface area contributed by atoms with Gasteiger partial charge in [-0.1, -0.05) is 0 Å². The van der Waals surface area contributed by atoms with Crippen LogP contribution in [0, 0.1) is 0 Å². The first-order chi connectivity index (χ1) is 8.40. The molecule has 1 heterocycles. The fourth-order valence-corrected chi connectivity index (χ4v) is 2.14. The van der Waals surface area contributed by atoms with Crippen LogP contribution in [0.5, 0.6) is 0 Å². The monoisotopic (exact) mass is 312 g/mol. The van der Waals surface area contributed by atoms with Crippen molar-refractivity contribution in [3.05, 3.63) is 17.9 Å². The van der Waals surface area contributed by atoms with Gasteiger partial charge in [-0.05, 0) is 26.1 Å². The molecule has 0 bridgehead atoms. The van der Waals surface area contributed by atoms with Gasteiger partial charge in [0.15, 0.2) is 0 Å². The summed E-state index contributed by atoms with van der Waals surface area (Å²) in [5, 5.41) is 2.58. The van der Waals surface area contributed by atoms with Gasteiger partial charge in [-0.15, -0.1) is 12.4 Å². The SMILES string of the molecule is CNC(C)CNS(=O)(=O)c1ccc(C(=O)OC)o1.Cl. The van der Waals surface area contributed by atoms with Crippen molar-refractivity contribution in [2.24, 2.45) is 0 Å². The molecule has 19 heavy (non-hydrogen) atoms. The summed E-state index contributed by atoms with van der Waals surface area (Å²) >= 11 is 0. The first-order valence-corrected chi connectivity index (χ1v) is 6.74. The Labute approximate surface area is 118 Å². The minimum absolute atomic E-state index is 0. The number of nitrogens with one attached hydrogen (secondary N) is 2. The number of furan rings is 1. The fourth-order valence-electron chi connectivity index (χ4n) is 1.08. The van der Waals surface area contributed by atoms with E-state index in [-0.39, 0.29) is 35.8 Å². The van der Waals surface area contributed by atoms with Gasteiger partial charge in [0.25, 0.3) is 10.0 Å². The maximum absolute atomic E-state index is 11.8. The minimum atomic E-state index is -3.75. The Morgan fingerprint density at radius 2 is 2.11 bits per heavy atom. The molecule has 0 amide bonds. The second-order valence-corrected chi connectivity index (χ2v) is 5.35. The lowest BCUT2D eigenvalue weighted by Crippen LogP contribution is -2.37. The van der Waals surface area contributed by atoms with Gasteiger partial charge < -0.3 is 14.5 Å². The number of sulfonamides is 1. The van der Waals surface area contributed by atoms with E-state index < -0.39 is 16.0 Å². The van der Waals surface area contributed by atoms with Crippen LogP contribution < -0.4 is 10.0 Å². The summed E-state index contributed by atoms with van der Waals surface area (Å²) in [6, 6.07) is 2.44. The molecule has 0 radical (unpaired) electrons. The van der Waals surface area contributed by atoms with Crippen molar-refractivity contribution in [2.45, 2.75) is 18.1 Å². The van der Waals surface area contributed by atoms with Crippen LogP contribution >= 0.6 is 12.4 Å². The van der Waals surface area contributed by atoms with Crippen LogP contribution in [0.1, 0.15) is 17.5 Å². The summed E-state index contributed by atoms with van der Waals surface area (Å²) in [4.78, 5) is 11.1. The molecule has 2 N–H and O–H groups in total. The largest absolute Gasteiger partial charge is 0.463 e. The van der Waals surface area contributed by atoms with Crippen molar-refractivity contribution in [2.75, 3.05) is 20.7 Å². The van der Waals surface area contributed by atoms with E-state index in [0.29, 0.717) is 0 Å². The highest BCUT2D eigenvalue weighted by Crippen LogP contribution is 2.14. The number of hydrogen-bond acceptors (Lipinski definition) is 6. The van der Waals surface area contributed by atoms with Crippen LogP contribution in [0.2, 0.25) is 0 Å². The highest BCUT2D eigenvalue weighted by Gasteiger charge is 2.21. The number of esters is 1. The van der Waals surface area contributed by atoms with E-state index in [0.717, 1.165) is 0 Å². The molecular formula is C10H17ClN2O5S. The highest BCUT2D eigenvalue weighted by molar-refractivity contribution is 7.89. The molecule has 0 aliphatic carbocycles. The summed E-state index contributed by atoms with van der Waals surface area (Å²) in [7, 11) is -0.841. The molecule has 0 spiro atoms. The van der Waals surface area contributed by atoms with Crippen molar-refractivity contribution >= 4 is 28.4 Å². The first-order valence-electron chi connectivity index (χ1n) is 5.25. The number of rotatable bonds is 6. The third-order valence-corrected chi connectivity index (χ3v) is 3.60. The van der Waals surface area contributed by atoms with Crippen molar-refractivity contribution in [3.63, 3.8) is 0 Å². The molecule has 110 valence electrons. The highest BCUT2D eigenvalue weighted by atomic mass is 35.5. The maximum Gasteiger partial charge on any atom is 0.374 e. The molecule has 7 nitrogen and oxygen atoms in total. The number of hydrogen-bond donors (Lipinski definition) is 2. The second-order valence-electron chi connectivity index (χ2n) is 3.65. The van der Waals surface area contributed by atoms with Crippen LogP contribution in [0.4, 0.5) is 0 Å². The Balaban J connectivity index is 0.00000324. The molecule has 1 aromatic heterocycles. The molecule has 1 atom stereocenters. The van der Waals surface area contributed by atoms with E-state index in [2.05, 4.69) is 14.8 Å². The maximum atomic E-state index is 11.8. The zero-order valence-corrected chi connectivity index (χ0v) is 12.4. The number of halogens is 1. The summed E-state index contributed by atoms with van der Waals surface area (Å²) in [6.07, 6.45) is 0. The van der Waals surface area contributed by atoms with Gasteiger partial charge in [-0.2, -0.15) is 0 Å². The zero-order chi connectivity index (χ0) is 13.8. The standard InChI is InChI=1S/C10H16N2O5S.ClH/c1-7(11-2)6-12-18(14,15)9-5-4-8(17-9)10(13)16-3;/h4-5,7,11-12H,6H2,1-3H3;1H. The molecule has 0 aliphatic heterocycles. The van der Waals surface area contributed by atoms with Gasteiger partial charge >= 0.3 is 5.97 Å².